The number of anilines is 3. The second-order valence-electron chi connectivity index (χ2n) is 4.61. The van der Waals surface area contributed by atoms with Crippen LogP contribution in [0.3, 0.4) is 0 Å². The van der Waals surface area contributed by atoms with Crippen molar-refractivity contribution in [2.24, 2.45) is 0 Å². The van der Waals surface area contributed by atoms with Gasteiger partial charge in [-0.25, -0.2) is 9.18 Å². The van der Waals surface area contributed by atoms with Gasteiger partial charge in [0.05, 0.1) is 23.5 Å². The summed E-state index contributed by atoms with van der Waals surface area (Å²) in [5.74, 6) is -0.764. The molecule has 0 saturated carbocycles. The monoisotopic (exact) mass is 288 g/mol. The molecule has 0 saturated heterocycles. The van der Waals surface area contributed by atoms with Crippen LogP contribution in [0.4, 0.5) is 21.5 Å². The average molecular weight is 288 g/mol. The van der Waals surface area contributed by atoms with Crippen LogP contribution in [0.1, 0.15) is 22.8 Å². The first kappa shape index (κ1) is 14.8. The van der Waals surface area contributed by atoms with E-state index in [1.165, 1.54) is 12.1 Å². The Morgan fingerprint density at radius 2 is 2.00 bits per heavy atom. The summed E-state index contributed by atoms with van der Waals surface area (Å²) in [4.78, 5) is 11.7. The van der Waals surface area contributed by atoms with Crippen molar-refractivity contribution in [2.75, 3.05) is 17.7 Å². The fourth-order valence-corrected chi connectivity index (χ4v) is 1.88. The maximum atomic E-state index is 13.3. The second-order valence-corrected chi connectivity index (χ2v) is 4.61. The third-order valence-corrected chi connectivity index (χ3v) is 3.03. The van der Waals surface area contributed by atoms with Crippen molar-refractivity contribution < 1.29 is 13.9 Å². The molecule has 0 spiro atoms. The van der Waals surface area contributed by atoms with E-state index in [2.05, 4.69) is 5.32 Å². The summed E-state index contributed by atoms with van der Waals surface area (Å²) in [5, 5.41) is 3.05. The summed E-state index contributed by atoms with van der Waals surface area (Å²) < 4.78 is 18.3. The first-order valence-electron chi connectivity index (χ1n) is 6.61. The number of halogens is 1. The predicted octanol–water partition coefficient (Wildman–Crippen LogP) is 3.64. The lowest BCUT2D eigenvalue weighted by molar-refractivity contribution is 0.0526. The number of ether oxygens (including phenoxy) is 1. The lowest BCUT2D eigenvalue weighted by Gasteiger charge is -2.13. The summed E-state index contributed by atoms with van der Waals surface area (Å²) in [6, 6.07) is 9.24. The Hall–Kier alpha value is -2.56. The SMILES string of the molecule is CCOC(=O)c1ccc(N)c(Nc2cc(F)ccc2C)c1. The first-order chi connectivity index (χ1) is 10.0. The zero-order chi connectivity index (χ0) is 15.4. The molecule has 0 bridgehead atoms. The van der Waals surface area contributed by atoms with E-state index < -0.39 is 5.97 Å². The van der Waals surface area contributed by atoms with Crippen LogP contribution in [0.25, 0.3) is 0 Å². The van der Waals surface area contributed by atoms with Crippen LogP contribution in [-0.4, -0.2) is 12.6 Å². The van der Waals surface area contributed by atoms with Crippen molar-refractivity contribution in [2.45, 2.75) is 13.8 Å². The Balaban J connectivity index is 2.33. The van der Waals surface area contributed by atoms with Crippen LogP contribution in [0.2, 0.25) is 0 Å². The zero-order valence-corrected chi connectivity index (χ0v) is 11.9. The van der Waals surface area contributed by atoms with Crippen molar-refractivity contribution in [1.82, 2.24) is 0 Å². The molecule has 2 aromatic rings. The maximum absolute atomic E-state index is 13.3. The van der Waals surface area contributed by atoms with E-state index in [0.29, 0.717) is 29.2 Å². The molecule has 110 valence electrons. The van der Waals surface area contributed by atoms with Crippen LogP contribution < -0.4 is 11.1 Å². The summed E-state index contributed by atoms with van der Waals surface area (Å²) in [5.41, 5.74) is 8.76. The largest absolute Gasteiger partial charge is 0.462 e. The van der Waals surface area contributed by atoms with Crippen LogP contribution in [0.5, 0.6) is 0 Å². The highest BCUT2D eigenvalue weighted by molar-refractivity contribution is 5.92. The van der Waals surface area contributed by atoms with E-state index in [-0.39, 0.29) is 5.82 Å². The molecule has 0 atom stereocenters. The van der Waals surface area contributed by atoms with Crippen LogP contribution in [0.15, 0.2) is 36.4 Å². The molecule has 2 rings (SSSR count). The highest BCUT2D eigenvalue weighted by Crippen LogP contribution is 2.27. The molecule has 4 nitrogen and oxygen atoms in total. The Morgan fingerprint density at radius 3 is 2.71 bits per heavy atom. The lowest BCUT2D eigenvalue weighted by Crippen LogP contribution is -2.06. The Bertz CT molecular complexity index is 671. The molecule has 3 N–H and O–H groups in total. The molecule has 0 unspecified atom stereocenters. The third-order valence-electron chi connectivity index (χ3n) is 3.03. The lowest BCUT2D eigenvalue weighted by atomic mass is 10.1. The van der Waals surface area contributed by atoms with Crippen molar-refractivity contribution in [3.05, 3.63) is 53.3 Å². The minimum Gasteiger partial charge on any atom is -0.462 e. The molecule has 0 heterocycles. The van der Waals surface area contributed by atoms with Crippen LogP contribution >= 0.6 is 0 Å². The van der Waals surface area contributed by atoms with Gasteiger partial charge in [-0.1, -0.05) is 6.07 Å². The molecule has 5 heteroatoms. The van der Waals surface area contributed by atoms with E-state index in [0.717, 1.165) is 5.56 Å². The van der Waals surface area contributed by atoms with Gasteiger partial charge in [0, 0.05) is 5.69 Å². The highest BCUT2D eigenvalue weighted by atomic mass is 19.1. The number of nitrogens with one attached hydrogen (secondary N) is 1. The summed E-state index contributed by atoms with van der Waals surface area (Å²) in [6.07, 6.45) is 0. The minimum atomic E-state index is -0.420. The molecule has 0 aliphatic rings. The molecular formula is C16H17FN2O2. The van der Waals surface area contributed by atoms with E-state index in [1.807, 2.05) is 6.92 Å². The fraction of sp³-hybridized carbons (Fsp3) is 0.188. The van der Waals surface area contributed by atoms with Gasteiger partial charge in [-0.05, 0) is 49.7 Å². The number of carbonyl (C=O) groups excluding carboxylic acids is 1. The number of nitrogen functional groups attached to an aromatic ring is 1. The fourth-order valence-electron chi connectivity index (χ4n) is 1.88. The Morgan fingerprint density at radius 1 is 1.24 bits per heavy atom. The Kier molecular flexibility index (Phi) is 4.42. The molecule has 0 aromatic heterocycles. The van der Waals surface area contributed by atoms with Crippen molar-refractivity contribution in [1.29, 1.82) is 0 Å². The highest BCUT2D eigenvalue weighted by Gasteiger charge is 2.10. The van der Waals surface area contributed by atoms with Gasteiger partial charge in [0.1, 0.15) is 5.82 Å². The number of esters is 1. The van der Waals surface area contributed by atoms with Gasteiger partial charge >= 0.3 is 5.97 Å². The smallest absolute Gasteiger partial charge is 0.338 e. The van der Waals surface area contributed by atoms with E-state index >= 15 is 0 Å². The van der Waals surface area contributed by atoms with Gasteiger partial charge in [-0.15, -0.1) is 0 Å². The minimum absolute atomic E-state index is 0.301. The predicted molar refractivity (Wildman–Crippen MR) is 81.2 cm³/mol. The van der Waals surface area contributed by atoms with Gasteiger partial charge in [0.2, 0.25) is 0 Å². The molecular weight excluding hydrogens is 271 g/mol. The maximum Gasteiger partial charge on any atom is 0.338 e. The topological polar surface area (TPSA) is 64.3 Å². The summed E-state index contributed by atoms with van der Waals surface area (Å²) in [6.45, 7) is 3.90. The van der Waals surface area contributed by atoms with Crippen molar-refractivity contribution in [3.8, 4) is 0 Å². The number of hydrogen-bond donors (Lipinski definition) is 2. The number of rotatable bonds is 4. The van der Waals surface area contributed by atoms with Crippen molar-refractivity contribution >= 4 is 23.0 Å². The van der Waals surface area contributed by atoms with Gasteiger partial charge < -0.3 is 15.8 Å². The van der Waals surface area contributed by atoms with Gasteiger partial charge in [0.25, 0.3) is 0 Å². The van der Waals surface area contributed by atoms with E-state index in [9.17, 15) is 9.18 Å². The quantitative estimate of drug-likeness (QED) is 0.666. The first-order valence-corrected chi connectivity index (χ1v) is 6.61. The standard InChI is InChI=1S/C16H17FN2O2/c1-3-21-16(20)11-5-7-13(18)15(8-11)19-14-9-12(17)6-4-10(14)2/h4-9,19H,3,18H2,1-2H3. The number of hydrogen-bond acceptors (Lipinski definition) is 4. The van der Waals surface area contributed by atoms with E-state index in [1.54, 1.807) is 31.2 Å². The number of nitrogens with two attached hydrogens (primary N) is 1. The van der Waals surface area contributed by atoms with Crippen molar-refractivity contribution in [3.63, 3.8) is 0 Å². The normalized spacial score (nSPS) is 10.2. The summed E-state index contributed by atoms with van der Waals surface area (Å²) >= 11 is 0. The van der Waals surface area contributed by atoms with E-state index in [4.69, 9.17) is 10.5 Å². The van der Waals surface area contributed by atoms with Gasteiger partial charge in [-0.2, -0.15) is 0 Å². The summed E-state index contributed by atoms with van der Waals surface area (Å²) in [7, 11) is 0. The molecule has 0 aliphatic heterocycles. The molecule has 0 radical (unpaired) electrons. The van der Waals surface area contributed by atoms with Gasteiger partial charge in [0.15, 0.2) is 0 Å². The number of carbonyl (C=O) groups is 1. The zero-order valence-electron chi connectivity index (χ0n) is 11.9. The molecule has 0 amide bonds. The van der Waals surface area contributed by atoms with Crippen LogP contribution in [-0.2, 0) is 4.74 Å². The van der Waals surface area contributed by atoms with Gasteiger partial charge in [-0.3, -0.25) is 0 Å². The third kappa shape index (κ3) is 3.51. The average Bonchev–Trinajstić information content (AvgIpc) is 2.45. The molecule has 0 aliphatic carbocycles. The second kappa shape index (κ2) is 6.26. The molecule has 0 fully saturated rings. The number of aryl methyl sites for hydroxylation is 1. The molecule has 21 heavy (non-hydrogen) atoms. The number of benzene rings is 2. The molecule has 2 aromatic carbocycles. The Labute approximate surface area is 122 Å². The van der Waals surface area contributed by atoms with Crippen LogP contribution in [0, 0.1) is 12.7 Å².